The summed E-state index contributed by atoms with van der Waals surface area (Å²) in [5, 5.41) is 11.1. The third kappa shape index (κ3) is 6.47. The first-order chi connectivity index (χ1) is 14.4. The second-order valence-electron chi connectivity index (χ2n) is 7.70. The average molecular weight is 441 g/mol. The van der Waals surface area contributed by atoms with Gasteiger partial charge in [0, 0.05) is 37.4 Å². The minimum Gasteiger partial charge on any atom is -0.475 e. The van der Waals surface area contributed by atoms with E-state index in [9.17, 15) is 18.0 Å². The molecular formula is C21H26F3N3O4. The van der Waals surface area contributed by atoms with Crippen LogP contribution in [0.15, 0.2) is 34.9 Å². The van der Waals surface area contributed by atoms with Crippen LogP contribution in [-0.4, -0.2) is 58.9 Å². The molecule has 1 amide bonds. The number of rotatable bonds is 3. The Bertz CT molecular complexity index is 894. The van der Waals surface area contributed by atoms with Gasteiger partial charge in [0.05, 0.1) is 5.69 Å². The fraction of sp³-hybridized carbons (Fsp3) is 0.476. The first kappa shape index (κ1) is 24.2. The van der Waals surface area contributed by atoms with Crippen LogP contribution in [0.25, 0.3) is 0 Å². The number of carboxylic acid groups (broad SMARTS) is 1. The third-order valence-corrected chi connectivity index (χ3v) is 4.86. The summed E-state index contributed by atoms with van der Waals surface area (Å²) < 4.78 is 37.0. The topological polar surface area (TPSA) is 86.9 Å². The molecule has 2 aromatic rings. The zero-order chi connectivity index (χ0) is 23.3. The molecule has 0 spiro atoms. The van der Waals surface area contributed by atoms with E-state index in [4.69, 9.17) is 14.4 Å². The van der Waals surface area contributed by atoms with Crippen LogP contribution < -0.4 is 4.90 Å². The van der Waals surface area contributed by atoms with E-state index < -0.39 is 12.1 Å². The van der Waals surface area contributed by atoms with Crippen molar-refractivity contribution in [2.75, 3.05) is 24.5 Å². The number of benzene rings is 1. The summed E-state index contributed by atoms with van der Waals surface area (Å²) in [5.74, 6) is -2.22. The highest BCUT2D eigenvalue weighted by Crippen LogP contribution is 2.22. The molecule has 2 heterocycles. The Morgan fingerprint density at radius 3 is 2.23 bits per heavy atom. The molecule has 0 radical (unpaired) electrons. The molecule has 1 aromatic heterocycles. The molecule has 31 heavy (non-hydrogen) atoms. The monoisotopic (exact) mass is 441 g/mol. The first-order valence-corrected chi connectivity index (χ1v) is 9.79. The Morgan fingerprint density at radius 2 is 1.77 bits per heavy atom. The smallest absolute Gasteiger partial charge is 0.475 e. The normalized spacial score (nSPS) is 16.7. The van der Waals surface area contributed by atoms with Crippen LogP contribution in [0.4, 0.5) is 18.9 Å². The van der Waals surface area contributed by atoms with Crippen molar-refractivity contribution in [1.82, 2.24) is 10.1 Å². The number of anilines is 1. The summed E-state index contributed by atoms with van der Waals surface area (Å²) >= 11 is 0. The zero-order valence-electron chi connectivity index (χ0n) is 17.8. The number of carboxylic acids is 1. The lowest BCUT2D eigenvalue weighted by Crippen LogP contribution is -2.54. The van der Waals surface area contributed by atoms with Crippen LogP contribution in [0.5, 0.6) is 0 Å². The Balaban J connectivity index is 0.000000423. The van der Waals surface area contributed by atoms with Gasteiger partial charge in [-0.1, -0.05) is 36.7 Å². The van der Waals surface area contributed by atoms with Crippen molar-refractivity contribution in [2.24, 2.45) is 0 Å². The molecule has 1 atom stereocenters. The molecule has 0 bridgehead atoms. The summed E-state index contributed by atoms with van der Waals surface area (Å²) in [6.07, 6.45) is -5.08. The summed E-state index contributed by atoms with van der Waals surface area (Å²) in [7, 11) is 0. The van der Waals surface area contributed by atoms with Crippen LogP contribution in [0.3, 0.4) is 0 Å². The van der Waals surface area contributed by atoms with Crippen LogP contribution in [-0.2, 0) is 4.79 Å². The van der Waals surface area contributed by atoms with E-state index in [-0.39, 0.29) is 17.9 Å². The number of carbonyl (C=O) groups is 2. The number of aromatic nitrogens is 1. The number of aliphatic carboxylic acids is 1. The standard InChI is InChI=1S/C19H25N3O2.C2HF3O2/c1-13(2)17-11-18(24-20-17)19(23)22-10-9-21(12-15(22)4)16-7-5-14(3)6-8-16;3-2(4,5)1(6)7/h5-8,11,13,15H,9-10,12H2,1-4H3;(H,6,7). The third-order valence-electron chi connectivity index (χ3n) is 4.86. The van der Waals surface area contributed by atoms with Crippen molar-refractivity contribution in [3.63, 3.8) is 0 Å². The molecule has 1 aliphatic heterocycles. The van der Waals surface area contributed by atoms with E-state index in [0.29, 0.717) is 12.3 Å². The number of hydrogen-bond acceptors (Lipinski definition) is 5. The molecule has 7 nitrogen and oxygen atoms in total. The molecule has 1 N–H and O–H groups in total. The number of carbonyl (C=O) groups excluding carboxylic acids is 1. The Labute approximate surface area is 178 Å². The Kier molecular flexibility index (Phi) is 7.70. The average Bonchev–Trinajstić information content (AvgIpc) is 3.18. The fourth-order valence-electron chi connectivity index (χ4n) is 3.05. The molecule has 1 aromatic carbocycles. The lowest BCUT2D eigenvalue weighted by Gasteiger charge is -2.40. The number of amides is 1. The molecule has 1 saturated heterocycles. The second-order valence-corrected chi connectivity index (χ2v) is 7.70. The maximum absolute atomic E-state index is 12.7. The summed E-state index contributed by atoms with van der Waals surface area (Å²) in [6, 6.07) is 10.4. The van der Waals surface area contributed by atoms with Crippen molar-refractivity contribution in [3.8, 4) is 0 Å². The first-order valence-electron chi connectivity index (χ1n) is 9.79. The molecule has 1 aliphatic rings. The molecule has 3 rings (SSSR count). The molecule has 1 fully saturated rings. The van der Waals surface area contributed by atoms with Gasteiger partial charge in [-0.2, -0.15) is 13.2 Å². The van der Waals surface area contributed by atoms with E-state index in [1.165, 1.54) is 11.3 Å². The number of aryl methyl sites for hydroxylation is 1. The van der Waals surface area contributed by atoms with Gasteiger partial charge in [0.1, 0.15) is 0 Å². The van der Waals surface area contributed by atoms with Gasteiger partial charge in [-0.3, -0.25) is 4.79 Å². The lowest BCUT2D eigenvalue weighted by atomic mass is 10.1. The number of nitrogens with zero attached hydrogens (tertiary/aromatic N) is 3. The number of piperazine rings is 1. The molecule has 170 valence electrons. The maximum Gasteiger partial charge on any atom is 0.490 e. The highest BCUT2D eigenvalue weighted by Gasteiger charge is 2.38. The molecule has 0 saturated carbocycles. The van der Waals surface area contributed by atoms with Crippen molar-refractivity contribution in [2.45, 2.75) is 45.8 Å². The van der Waals surface area contributed by atoms with E-state index in [2.05, 4.69) is 48.2 Å². The highest BCUT2D eigenvalue weighted by molar-refractivity contribution is 5.92. The Morgan fingerprint density at radius 1 is 1.19 bits per heavy atom. The quantitative estimate of drug-likeness (QED) is 0.772. The SMILES string of the molecule is Cc1ccc(N2CCN(C(=O)c3cc(C(C)C)no3)C(C)C2)cc1.O=C(O)C(F)(F)F. The minimum absolute atomic E-state index is 0.0644. The molecule has 10 heteroatoms. The number of hydrogen-bond donors (Lipinski definition) is 1. The summed E-state index contributed by atoms with van der Waals surface area (Å²) in [5.41, 5.74) is 3.29. The predicted molar refractivity (Wildman–Crippen MR) is 108 cm³/mol. The van der Waals surface area contributed by atoms with Gasteiger partial charge in [0.2, 0.25) is 5.76 Å². The van der Waals surface area contributed by atoms with Crippen LogP contribution >= 0.6 is 0 Å². The van der Waals surface area contributed by atoms with Crippen molar-refractivity contribution < 1.29 is 32.4 Å². The van der Waals surface area contributed by atoms with E-state index in [1.807, 2.05) is 18.7 Å². The molecule has 1 unspecified atom stereocenters. The van der Waals surface area contributed by atoms with Gasteiger partial charge in [-0.05, 0) is 31.9 Å². The van der Waals surface area contributed by atoms with Gasteiger partial charge >= 0.3 is 12.1 Å². The van der Waals surface area contributed by atoms with Gasteiger partial charge < -0.3 is 19.4 Å². The Hall–Kier alpha value is -3.04. The van der Waals surface area contributed by atoms with Crippen molar-refractivity contribution in [3.05, 3.63) is 47.3 Å². The van der Waals surface area contributed by atoms with Crippen molar-refractivity contribution >= 4 is 17.6 Å². The van der Waals surface area contributed by atoms with Crippen LogP contribution in [0, 0.1) is 6.92 Å². The summed E-state index contributed by atoms with van der Waals surface area (Å²) in [6.45, 7) is 10.6. The maximum atomic E-state index is 12.7. The van der Waals surface area contributed by atoms with Crippen LogP contribution in [0.2, 0.25) is 0 Å². The van der Waals surface area contributed by atoms with Crippen LogP contribution in [0.1, 0.15) is 48.5 Å². The van der Waals surface area contributed by atoms with Gasteiger partial charge in [-0.25, -0.2) is 4.79 Å². The fourth-order valence-corrected chi connectivity index (χ4v) is 3.05. The highest BCUT2D eigenvalue weighted by atomic mass is 19.4. The van der Waals surface area contributed by atoms with Gasteiger partial charge in [0.15, 0.2) is 0 Å². The predicted octanol–water partition coefficient (Wildman–Crippen LogP) is 4.09. The van der Waals surface area contributed by atoms with E-state index in [0.717, 1.165) is 18.8 Å². The second kappa shape index (κ2) is 9.84. The lowest BCUT2D eigenvalue weighted by molar-refractivity contribution is -0.192. The largest absolute Gasteiger partial charge is 0.490 e. The number of alkyl halides is 3. The van der Waals surface area contributed by atoms with E-state index in [1.54, 1.807) is 6.07 Å². The van der Waals surface area contributed by atoms with E-state index >= 15 is 0 Å². The molecular weight excluding hydrogens is 415 g/mol. The zero-order valence-corrected chi connectivity index (χ0v) is 17.8. The summed E-state index contributed by atoms with van der Waals surface area (Å²) in [4.78, 5) is 25.8. The van der Waals surface area contributed by atoms with Crippen molar-refractivity contribution in [1.29, 1.82) is 0 Å². The minimum atomic E-state index is -5.08. The van der Waals surface area contributed by atoms with Gasteiger partial charge in [-0.15, -0.1) is 0 Å². The number of halogens is 3. The molecule has 0 aliphatic carbocycles. The van der Waals surface area contributed by atoms with Gasteiger partial charge in [0.25, 0.3) is 5.91 Å².